The Morgan fingerprint density at radius 1 is 1.04 bits per heavy atom. The van der Waals surface area contributed by atoms with Crippen LogP contribution in [0.1, 0.15) is 86.0 Å². The molecule has 136 valence electrons. The molecule has 0 spiro atoms. The van der Waals surface area contributed by atoms with Crippen LogP contribution in [-0.2, 0) is 0 Å². The van der Waals surface area contributed by atoms with E-state index >= 15 is 0 Å². The van der Waals surface area contributed by atoms with Crippen molar-refractivity contribution in [3.8, 4) is 6.07 Å². The van der Waals surface area contributed by atoms with E-state index in [2.05, 4.69) is 40.7 Å². The standard InChI is InChI=1S/C22H37NO/c1-6-21(4)18(20(3)11-9-17(24)15(2)13-20)10-12-22(5)16(14-23)7-8-19(21)22/h15-19,24H,6-13H2,1-5H3. The van der Waals surface area contributed by atoms with Gasteiger partial charge in [-0.3, -0.25) is 0 Å². The van der Waals surface area contributed by atoms with E-state index in [-0.39, 0.29) is 17.4 Å². The average molecular weight is 332 g/mol. The minimum atomic E-state index is -0.103. The second-order valence-electron chi connectivity index (χ2n) is 10.2. The van der Waals surface area contributed by atoms with Gasteiger partial charge in [-0.15, -0.1) is 0 Å². The molecule has 0 bridgehead atoms. The quantitative estimate of drug-likeness (QED) is 0.720. The van der Waals surface area contributed by atoms with Gasteiger partial charge in [-0.25, -0.2) is 0 Å². The van der Waals surface area contributed by atoms with Gasteiger partial charge in [0.1, 0.15) is 0 Å². The maximum Gasteiger partial charge on any atom is 0.0661 e. The lowest BCUT2D eigenvalue weighted by molar-refractivity contribution is -0.124. The monoisotopic (exact) mass is 331 g/mol. The van der Waals surface area contributed by atoms with Gasteiger partial charge < -0.3 is 5.11 Å². The number of fused-ring (bicyclic) bond motifs is 1. The molecule has 3 fully saturated rings. The van der Waals surface area contributed by atoms with Gasteiger partial charge in [0, 0.05) is 0 Å². The Balaban J connectivity index is 1.93. The summed E-state index contributed by atoms with van der Waals surface area (Å²) in [6, 6.07) is 2.65. The zero-order valence-electron chi connectivity index (χ0n) is 16.4. The van der Waals surface area contributed by atoms with Gasteiger partial charge in [-0.05, 0) is 78.9 Å². The number of aliphatic hydroxyl groups is 1. The molecule has 0 saturated heterocycles. The zero-order chi connectivity index (χ0) is 17.8. The highest BCUT2D eigenvalue weighted by Crippen LogP contribution is 2.68. The highest BCUT2D eigenvalue weighted by Gasteiger charge is 2.61. The Morgan fingerprint density at radius 3 is 2.33 bits per heavy atom. The van der Waals surface area contributed by atoms with Crippen LogP contribution < -0.4 is 0 Å². The van der Waals surface area contributed by atoms with E-state index in [1.165, 1.54) is 38.5 Å². The van der Waals surface area contributed by atoms with Crippen LogP contribution in [0.25, 0.3) is 0 Å². The number of hydrogen-bond acceptors (Lipinski definition) is 2. The molecule has 0 amide bonds. The van der Waals surface area contributed by atoms with Crippen molar-refractivity contribution in [3.05, 3.63) is 0 Å². The summed E-state index contributed by atoms with van der Waals surface area (Å²) in [5, 5.41) is 19.9. The predicted molar refractivity (Wildman–Crippen MR) is 98.2 cm³/mol. The lowest BCUT2D eigenvalue weighted by Gasteiger charge is -2.60. The van der Waals surface area contributed by atoms with Crippen LogP contribution in [0.5, 0.6) is 0 Å². The third kappa shape index (κ3) is 2.45. The number of nitrogens with zero attached hydrogens (tertiary/aromatic N) is 1. The first-order valence-electron chi connectivity index (χ1n) is 10.3. The van der Waals surface area contributed by atoms with Crippen molar-refractivity contribution in [2.75, 3.05) is 0 Å². The number of nitriles is 1. The summed E-state index contributed by atoms with van der Waals surface area (Å²) in [6.45, 7) is 12.1. The fraction of sp³-hybridized carbons (Fsp3) is 0.955. The number of hydrogen-bond donors (Lipinski definition) is 1. The van der Waals surface area contributed by atoms with Crippen LogP contribution in [0.2, 0.25) is 0 Å². The predicted octanol–water partition coefficient (Wildman–Crippen LogP) is 5.56. The summed E-state index contributed by atoms with van der Waals surface area (Å²) < 4.78 is 0. The molecule has 2 nitrogen and oxygen atoms in total. The molecule has 3 aliphatic rings. The van der Waals surface area contributed by atoms with Crippen molar-refractivity contribution in [3.63, 3.8) is 0 Å². The van der Waals surface area contributed by atoms with Crippen LogP contribution >= 0.6 is 0 Å². The summed E-state index contributed by atoms with van der Waals surface area (Å²) in [4.78, 5) is 0. The second kappa shape index (κ2) is 6.01. The van der Waals surface area contributed by atoms with Crippen molar-refractivity contribution in [2.45, 2.75) is 92.1 Å². The van der Waals surface area contributed by atoms with Crippen LogP contribution in [0.15, 0.2) is 0 Å². The third-order valence-corrected chi connectivity index (χ3v) is 9.12. The Hall–Kier alpha value is -0.550. The molecule has 3 aliphatic carbocycles. The highest BCUT2D eigenvalue weighted by molar-refractivity contribution is 5.14. The normalized spacial score (nSPS) is 55.0. The summed E-state index contributed by atoms with van der Waals surface area (Å²) in [5.74, 6) is 2.11. The summed E-state index contributed by atoms with van der Waals surface area (Å²) in [7, 11) is 0. The van der Waals surface area contributed by atoms with E-state index in [9.17, 15) is 10.4 Å². The van der Waals surface area contributed by atoms with Crippen LogP contribution in [0.3, 0.4) is 0 Å². The molecule has 3 saturated carbocycles. The van der Waals surface area contributed by atoms with E-state index in [4.69, 9.17) is 0 Å². The molecule has 0 aromatic rings. The van der Waals surface area contributed by atoms with Crippen LogP contribution in [0, 0.1) is 51.2 Å². The van der Waals surface area contributed by atoms with Crippen molar-refractivity contribution in [1.82, 2.24) is 0 Å². The fourth-order valence-corrected chi connectivity index (χ4v) is 7.60. The molecule has 0 heterocycles. The van der Waals surface area contributed by atoms with Crippen molar-refractivity contribution in [1.29, 1.82) is 5.26 Å². The first-order valence-corrected chi connectivity index (χ1v) is 10.3. The summed E-state index contributed by atoms with van der Waals surface area (Å²) in [5.41, 5.74) is 0.928. The van der Waals surface area contributed by atoms with Gasteiger partial charge in [0.15, 0.2) is 0 Å². The molecule has 2 heteroatoms. The molecule has 0 aromatic carbocycles. The van der Waals surface area contributed by atoms with E-state index in [1.54, 1.807) is 0 Å². The molecule has 1 N–H and O–H groups in total. The van der Waals surface area contributed by atoms with E-state index in [0.29, 0.717) is 22.7 Å². The van der Waals surface area contributed by atoms with Gasteiger partial charge in [-0.2, -0.15) is 5.26 Å². The van der Waals surface area contributed by atoms with Crippen LogP contribution in [-0.4, -0.2) is 11.2 Å². The first kappa shape index (κ1) is 18.2. The second-order valence-corrected chi connectivity index (χ2v) is 10.2. The lowest BCUT2D eigenvalue weighted by atomic mass is 9.44. The topological polar surface area (TPSA) is 44.0 Å². The maximum atomic E-state index is 10.2. The number of aliphatic hydroxyl groups excluding tert-OH is 1. The molecule has 3 rings (SSSR count). The van der Waals surface area contributed by atoms with Crippen molar-refractivity contribution >= 4 is 0 Å². The van der Waals surface area contributed by atoms with Gasteiger partial charge >= 0.3 is 0 Å². The molecule has 8 atom stereocenters. The Labute approximate surface area is 149 Å². The molecule has 0 radical (unpaired) electrons. The molecule has 0 aromatic heterocycles. The lowest BCUT2D eigenvalue weighted by Crippen LogP contribution is -2.54. The van der Waals surface area contributed by atoms with Gasteiger partial charge in [-0.1, -0.05) is 41.0 Å². The number of rotatable bonds is 2. The van der Waals surface area contributed by atoms with Gasteiger partial charge in [0.2, 0.25) is 0 Å². The molecular weight excluding hydrogens is 294 g/mol. The third-order valence-electron chi connectivity index (χ3n) is 9.12. The Kier molecular flexibility index (Phi) is 4.57. The molecule has 8 unspecified atom stereocenters. The smallest absolute Gasteiger partial charge is 0.0661 e. The molecule has 24 heavy (non-hydrogen) atoms. The summed E-state index contributed by atoms with van der Waals surface area (Å²) >= 11 is 0. The maximum absolute atomic E-state index is 10.2. The summed E-state index contributed by atoms with van der Waals surface area (Å²) in [6.07, 6.45) is 9.27. The zero-order valence-corrected chi connectivity index (χ0v) is 16.4. The minimum absolute atomic E-state index is 0.103. The molecular formula is C22H37NO. The Bertz CT molecular complexity index is 525. The Morgan fingerprint density at radius 2 is 1.75 bits per heavy atom. The van der Waals surface area contributed by atoms with Gasteiger partial charge in [0.05, 0.1) is 18.1 Å². The molecule has 0 aliphatic heterocycles. The SMILES string of the molecule is CCC1(C)C(C2(C)CCC(O)C(C)C2)CCC2(C)C(C#N)CCC21. The highest BCUT2D eigenvalue weighted by atomic mass is 16.3. The first-order chi connectivity index (χ1) is 11.2. The average Bonchev–Trinajstić information content (AvgIpc) is 2.89. The van der Waals surface area contributed by atoms with E-state index in [0.717, 1.165) is 18.8 Å². The van der Waals surface area contributed by atoms with Crippen LogP contribution in [0.4, 0.5) is 0 Å². The largest absolute Gasteiger partial charge is 0.393 e. The fourth-order valence-electron chi connectivity index (χ4n) is 7.60. The minimum Gasteiger partial charge on any atom is -0.393 e. The van der Waals surface area contributed by atoms with E-state index < -0.39 is 0 Å². The van der Waals surface area contributed by atoms with Crippen molar-refractivity contribution in [2.24, 2.45) is 39.9 Å². The van der Waals surface area contributed by atoms with Crippen molar-refractivity contribution < 1.29 is 5.11 Å². The van der Waals surface area contributed by atoms with Gasteiger partial charge in [0.25, 0.3) is 0 Å². The van der Waals surface area contributed by atoms with E-state index in [1.807, 2.05) is 0 Å².